The molecule has 0 saturated carbocycles. The normalized spacial score (nSPS) is 12.2. The van der Waals surface area contributed by atoms with Crippen molar-refractivity contribution in [2.75, 3.05) is 11.9 Å². The first-order valence-corrected chi connectivity index (χ1v) is 7.78. The molecule has 0 fully saturated rings. The van der Waals surface area contributed by atoms with Crippen LogP contribution in [0.3, 0.4) is 0 Å². The summed E-state index contributed by atoms with van der Waals surface area (Å²) in [4.78, 5) is 10.9. The Morgan fingerprint density at radius 3 is 2.62 bits per heavy atom. The van der Waals surface area contributed by atoms with E-state index in [1.165, 1.54) is 0 Å². The van der Waals surface area contributed by atoms with Crippen molar-refractivity contribution in [2.24, 2.45) is 0 Å². The smallest absolute Gasteiger partial charge is 0.134 e. The maximum absolute atomic E-state index is 6.11. The monoisotopic (exact) mass is 323 g/mol. The molecule has 1 aromatic carbocycles. The van der Waals surface area contributed by atoms with Crippen molar-refractivity contribution >= 4 is 29.0 Å². The molecular weight excluding hydrogens is 305 g/mol. The van der Waals surface area contributed by atoms with E-state index >= 15 is 0 Å². The van der Waals surface area contributed by atoms with Crippen molar-refractivity contribution in [3.05, 3.63) is 51.9 Å². The number of nitrogens with zero attached hydrogens (tertiary/aromatic N) is 3. The van der Waals surface area contributed by atoms with Gasteiger partial charge in [0, 0.05) is 24.6 Å². The zero-order valence-electron chi connectivity index (χ0n) is 12.5. The van der Waals surface area contributed by atoms with Crippen LogP contribution in [0, 0.1) is 0 Å². The first-order valence-electron chi connectivity index (χ1n) is 7.03. The van der Waals surface area contributed by atoms with Crippen LogP contribution in [0.25, 0.3) is 0 Å². The molecule has 0 aliphatic rings. The molecule has 0 aliphatic carbocycles. The number of anilines is 1. The fourth-order valence-corrected chi connectivity index (χ4v) is 2.55. The van der Waals surface area contributed by atoms with Crippen LogP contribution in [-0.2, 0) is 6.42 Å². The minimum Gasteiger partial charge on any atom is -0.353 e. The summed E-state index contributed by atoms with van der Waals surface area (Å²) in [5, 5.41) is 1.22. The number of aromatic nitrogens is 2. The highest BCUT2D eigenvalue weighted by molar-refractivity contribution is 6.30. The fraction of sp³-hybridized carbons (Fsp3) is 0.375. The third kappa shape index (κ3) is 4.08. The standard InChI is InChI=1S/C16H19Cl2N3/c1-4-6-15-19-14(18)10-16(20-15)21(3)11(2)12-7-5-8-13(17)9-12/h5,7-11H,4,6H2,1-3H3. The molecule has 0 radical (unpaired) electrons. The van der Waals surface area contributed by atoms with E-state index in [4.69, 9.17) is 23.2 Å². The molecule has 0 amide bonds. The summed E-state index contributed by atoms with van der Waals surface area (Å²) >= 11 is 12.2. The van der Waals surface area contributed by atoms with E-state index in [-0.39, 0.29) is 6.04 Å². The molecule has 2 aromatic rings. The van der Waals surface area contributed by atoms with Gasteiger partial charge in [0.15, 0.2) is 0 Å². The number of hydrogen-bond donors (Lipinski definition) is 0. The topological polar surface area (TPSA) is 29.0 Å². The highest BCUT2D eigenvalue weighted by Crippen LogP contribution is 2.27. The van der Waals surface area contributed by atoms with Gasteiger partial charge >= 0.3 is 0 Å². The molecule has 3 nitrogen and oxygen atoms in total. The Hall–Kier alpha value is -1.32. The average Bonchev–Trinajstić information content (AvgIpc) is 2.45. The molecule has 0 spiro atoms. The summed E-state index contributed by atoms with van der Waals surface area (Å²) in [6.07, 6.45) is 1.82. The number of aryl methyl sites for hydroxylation is 1. The molecule has 5 heteroatoms. The lowest BCUT2D eigenvalue weighted by Crippen LogP contribution is -2.23. The van der Waals surface area contributed by atoms with Crippen LogP contribution >= 0.6 is 23.2 Å². The molecule has 0 N–H and O–H groups in total. The first-order chi connectivity index (χ1) is 10.0. The Labute approximate surface area is 135 Å². The summed E-state index contributed by atoms with van der Waals surface area (Å²) in [6, 6.07) is 9.79. The van der Waals surface area contributed by atoms with Crippen LogP contribution in [-0.4, -0.2) is 17.0 Å². The van der Waals surface area contributed by atoms with Crippen molar-refractivity contribution in [1.29, 1.82) is 0 Å². The largest absolute Gasteiger partial charge is 0.353 e. The summed E-state index contributed by atoms with van der Waals surface area (Å²) < 4.78 is 0. The fourth-order valence-electron chi connectivity index (χ4n) is 2.16. The minimum atomic E-state index is 0.143. The number of halogens is 2. The van der Waals surface area contributed by atoms with E-state index in [1.54, 1.807) is 6.07 Å². The van der Waals surface area contributed by atoms with Gasteiger partial charge in [0.05, 0.1) is 6.04 Å². The molecular formula is C16H19Cl2N3. The molecule has 1 heterocycles. The van der Waals surface area contributed by atoms with Crippen LogP contribution in [0.2, 0.25) is 10.2 Å². The van der Waals surface area contributed by atoms with Crippen molar-refractivity contribution < 1.29 is 0 Å². The molecule has 112 valence electrons. The molecule has 0 aliphatic heterocycles. The Morgan fingerprint density at radius 1 is 1.19 bits per heavy atom. The van der Waals surface area contributed by atoms with Gasteiger partial charge in [0.25, 0.3) is 0 Å². The summed E-state index contributed by atoms with van der Waals surface area (Å²) in [5.74, 6) is 1.61. The zero-order chi connectivity index (χ0) is 15.4. The quantitative estimate of drug-likeness (QED) is 0.730. The van der Waals surface area contributed by atoms with Gasteiger partial charge in [-0.1, -0.05) is 42.3 Å². The second-order valence-electron chi connectivity index (χ2n) is 5.06. The average molecular weight is 324 g/mol. The van der Waals surface area contributed by atoms with E-state index in [1.807, 2.05) is 25.2 Å². The Bertz CT molecular complexity index is 616. The Balaban J connectivity index is 2.28. The van der Waals surface area contributed by atoms with E-state index in [2.05, 4.69) is 34.8 Å². The number of benzene rings is 1. The maximum Gasteiger partial charge on any atom is 0.134 e. The highest BCUT2D eigenvalue weighted by Gasteiger charge is 2.15. The number of rotatable bonds is 5. The van der Waals surface area contributed by atoms with Crippen LogP contribution in [0.4, 0.5) is 5.82 Å². The second kappa shape index (κ2) is 7.10. The van der Waals surface area contributed by atoms with Gasteiger partial charge in [-0.15, -0.1) is 0 Å². The molecule has 2 rings (SSSR count). The summed E-state index contributed by atoms with van der Waals surface area (Å²) in [7, 11) is 2.00. The summed E-state index contributed by atoms with van der Waals surface area (Å²) in [6.45, 7) is 4.21. The van der Waals surface area contributed by atoms with Crippen LogP contribution in [0.15, 0.2) is 30.3 Å². The molecule has 0 bridgehead atoms. The van der Waals surface area contributed by atoms with Gasteiger partial charge in [-0.05, 0) is 31.0 Å². The van der Waals surface area contributed by atoms with E-state index < -0.39 is 0 Å². The van der Waals surface area contributed by atoms with Gasteiger partial charge < -0.3 is 4.90 Å². The van der Waals surface area contributed by atoms with E-state index in [0.29, 0.717) is 5.15 Å². The second-order valence-corrected chi connectivity index (χ2v) is 5.88. The summed E-state index contributed by atoms with van der Waals surface area (Å²) in [5.41, 5.74) is 1.14. The molecule has 1 aromatic heterocycles. The number of hydrogen-bond acceptors (Lipinski definition) is 3. The van der Waals surface area contributed by atoms with Gasteiger partial charge in [0.1, 0.15) is 16.8 Å². The predicted molar refractivity (Wildman–Crippen MR) is 89.3 cm³/mol. The Morgan fingerprint density at radius 2 is 1.95 bits per heavy atom. The van der Waals surface area contributed by atoms with Crippen molar-refractivity contribution in [3.63, 3.8) is 0 Å². The Kier molecular flexibility index (Phi) is 5.43. The molecule has 21 heavy (non-hydrogen) atoms. The van der Waals surface area contributed by atoms with Crippen molar-refractivity contribution in [1.82, 2.24) is 9.97 Å². The van der Waals surface area contributed by atoms with Crippen LogP contribution < -0.4 is 4.90 Å². The van der Waals surface area contributed by atoms with Crippen LogP contribution in [0.1, 0.15) is 37.7 Å². The predicted octanol–water partition coefficient (Wildman–Crippen LogP) is 4.93. The van der Waals surface area contributed by atoms with E-state index in [0.717, 1.165) is 35.1 Å². The van der Waals surface area contributed by atoms with Crippen molar-refractivity contribution in [2.45, 2.75) is 32.7 Å². The first kappa shape index (κ1) is 16.1. The molecule has 1 atom stereocenters. The lowest BCUT2D eigenvalue weighted by atomic mass is 10.1. The third-order valence-corrected chi connectivity index (χ3v) is 3.90. The van der Waals surface area contributed by atoms with Gasteiger partial charge in [-0.2, -0.15) is 0 Å². The lowest BCUT2D eigenvalue weighted by Gasteiger charge is -2.26. The molecule has 0 saturated heterocycles. The minimum absolute atomic E-state index is 0.143. The highest BCUT2D eigenvalue weighted by atomic mass is 35.5. The van der Waals surface area contributed by atoms with E-state index in [9.17, 15) is 0 Å². The molecule has 1 unspecified atom stereocenters. The third-order valence-electron chi connectivity index (χ3n) is 3.47. The lowest BCUT2D eigenvalue weighted by molar-refractivity contribution is 0.718. The maximum atomic E-state index is 6.11. The van der Waals surface area contributed by atoms with Crippen molar-refractivity contribution in [3.8, 4) is 0 Å². The van der Waals surface area contributed by atoms with Gasteiger partial charge in [0.2, 0.25) is 0 Å². The van der Waals surface area contributed by atoms with Gasteiger partial charge in [-0.25, -0.2) is 9.97 Å². The zero-order valence-corrected chi connectivity index (χ0v) is 14.0. The van der Waals surface area contributed by atoms with Gasteiger partial charge in [-0.3, -0.25) is 0 Å². The SMILES string of the molecule is CCCc1nc(Cl)cc(N(C)C(C)c2cccc(Cl)c2)n1. The van der Waals surface area contributed by atoms with Crippen LogP contribution in [0.5, 0.6) is 0 Å².